The maximum Gasteiger partial charge on any atom is 0.0589 e. The summed E-state index contributed by atoms with van der Waals surface area (Å²) in [5.74, 6) is 0.639. The lowest BCUT2D eigenvalue weighted by Crippen LogP contribution is -2.30. The van der Waals surface area contributed by atoms with E-state index in [1.54, 1.807) is 7.11 Å². The molecule has 0 saturated heterocycles. The third-order valence-electron chi connectivity index (χ3n) is 3.46. The predicted molar refractivity (Wildman–Crippen MR) is 91.3 cm³/mol. The first-order chi connectivity index (χ1) is 10.8. The molecule has 1 unspecified atom stereocenters. The summed E-state index contributed by atoms with van der Waals surface area (Å²) in [4.78, 5) is 3.19. The highest BCUT2D eigenvalue weighted by Crippen LogP contribution is 2.08. The summed E-state index contributed by atoms with van der Waals surface area (Å²) in [6.45, 7) is 3.18. The quantitative estimate of drug-likeness (QED) is 0.712. The molecule has 4 heteroatoms. The van der Waals surface area contributed by atoms with E-state index in [1.807, 2.05) is 48.5 Å². The minimum Gasteiger partial charge on any atom is -0.383 e. The van der Waals surface area contributed by atoms with E-state index in [9.17, 15) is 4.21 Å². The molecule has 0 aliphatic rings. The molecule has 0 fully saturated rings. The van der Waals surface area contributed by atoms with Crippen LogP contribution >= 0.6 is 0 Å². The lowest BCUT2D eigenvalue weighted by atomic mass is 10.2. The highest BCUT2D eigenvalue weighted by molar-refractivity contribution is 7.85. The Morgan fingerprint density at radius 1 is 0.955 bits per heavy atom. The molecule has 2 aromatic carbocycles. The smallest absolute Gasteiger partial charge is 0.0589 e. The standard InChI is InChI=1S/C18H23NO2S/c1-21-14-12-19(16-17-8-4-2-5-9-17)13-15-22(20)18-10-6-3-7-11-18/h2-11H,12-16H2,1H3. The lowest BCUT2D eigenvalue weighted by Gasteiger charge is -2.21. The zero-order chi connectivity index (χ0) is 15.6. The fraction of sp³-hybridized carbons (Fsp3) is 0.333. The minimum absolute atomic E-state index is 0.639. The molecule has 0 bridgehead atoms. The molecule has 22 heavy (non-hydrogen) atoms. The number of hydrogen-bond donors (Lipinski definition) is 0. The molecule has 0 aromatic heterocycles. The summed E-state index contributed by atoms with van der Waals surface area (Å²) in [7, 11) is 0.761. The first-order valence-electron chi connectivity index (χ1n) is 7.48. The average Bonchev–Trinajstić information content (AvgIpc) is 2.58. The third kappa shape index (κ3) is 5.72. The Bertz CT molecular complexity index is 560. The number of ether oxygens (including phenoxy) is 1. The van der Waals surface area contributed by atoms with Crippen LogP contribution in [0.15, 0.2) is 65.6 Å². The van der Waals surface area contributed by atoms with Crippen molar-refractivity contribution < 1.29 is 8.95 Å². The number of benzene rings is 2. The third-order valence-corrected chi connectivity index (χ3v) is 4.81. The molecule has 0 amide bonds. The van der Waals surface area contributed by atoms with Gasteiger partial charge in [0, 0.05) is 37.4 Å². The molecule has 0 saturated carbocycles. The molecule has 118 valence electrons. The Kier molecular flexibility index (Phi) is 7.30. The van der Waals surface area contributed by atoms with Crippen molar-refractivity contribution >= 4 is 10.8 Å². The van der Waals surface area contributed by atoms with Gasteiger partial charge in [0.25, 0.3) is 0 Å². The van der Waals surface area contributed by atoms with E-state index < -0.39 is 10.8 Å². The van der Waals surface area contributed by atoms with Gasteiger partial charge in [-0.05, 0) is 17.7 Å². The second-order valence-corrected chi connectivity index (χ2v) is 6.69. The SMILES string of the molecule is COCCN(CCS(=O)c1ccccc1)Cc1ccccc1. The summed E-state index contributed by atoms with van der Waals surface area (Å²) in [5.41, 5.74) is 1.27. The molecule has 0 aliphatic heterocycles. The molecule has 0 heterocycles. The van der Waals surface area contributed by atoms with Crippen molar-refractivity contribution in [3.8, 4) is 0 Å². The van der Waals surface area contributed by atoms with Gasteiger partial charge in [-0.3, -0.25) is 9.11 Å². The van der Waals surface area contributed by atoms with E-state index in [0.717, 1.165) is 24.5 Å². The first-order valence-corrected chi connectivity index (χ1v) is 8.80. The van der Waals surface area contributed by atoms with E-state index in [1.165, 1.54) is 5.56 Å². The topological polar surface area (TPSA) is 29.5 Å². The number of rotatable bonds is 9. The summed E-state index contributed by atoms with van der Waals surface area (Å²) in [6.07, 6.45) is 0. The maximum absolute atomic E-state index is 12.3. The zero-order valence-corrected chi connectivity index (χ0v) is 13.8. The van der Waals surface area contributed by atoms with E-state index in [0.29, 0.717) is 12.4 Å². The van der Waals surface area contributed by atoms with Crippen LogP contribution in [0.3, 0.4) is 0 Å². The van der Waals surface area contributed by atoms with E-state index in [2.05, 4.69) is 17.0 Å². The second kappa shape index (κ2) is 9.51. The van der Waals surface area contributed by atoms with Crippen molar-refractivity contribution in [2.75, 3.05) is 32.6 Å². The number of nitrogens with zero attached hydrogens (tertiary/aromatic N) is 1. The Labute approximate surface area is 135 Å². The Hall–Kier alpha value is -1.49. The van der Waals surface area contributed by atoms with Crippen molar-refractivity contribution in [3.05, 3.63) is 66.2 Å². The average molecular weight is 317 g/mol. The van der Waals surface area contributed by atoms with Crippen LogP contribution in [-0.2, 0) is 22.1 Å². The molecule has 1 atom stereocenters. The molecule has 2 rings (SSSR count). The van der Waals surface area contributed by atoms with Gasteiger partial charge in [-0.15, -0.1) is 0 Å². The highest BCUT2D eigenvalue weighted by Gasteiger charge is 2.09. The molecule has 0 N–H and O–H groups in total. The van der Waals surface area contributed by atoms with Crippen LogP contribution in [0, 0.1) is 0 Å². The fourth-order valence-corrected chi connectivity index (χ4v) is 3.35. The van der Waals surface area contributed by atoms with Gasteiger partial charge in [0.1, 0.15) is 0 Å². The van der Waals surface area contributed by atoms with Gasteiger partial charge in [0.05, 0.1) is 17.4 Å². The van der Waals surface area contributed by atoms with E-state index in [4.69, 9.17) is 4.74 Å². The molecule has 3 nitrogen and oxygen atoms in total. The van der Waals surface area contributed by atoms with E-state index >= 15 is 0 Å². The normalized spacial score (nSPS) is 12.5. The van der Waals surface area contributed by atoms with Gasteiger partial charge < -0.3 is 4.74 Å². The summed E-state index contributed by atoms with van der Waals surface area (Å²) < 4.78 is 17.5. The number of hydrogen-bond acceptors (Lipinski definition) is 3. The zero-order valence-electron chi connectivity index (χ0n) is 13.0. The fourth-order valence-electron chi connectivity index (χ4n) is 2.23. The number of methoxy groups -OCH3 is 1. The lowest BCUT2D eigenvalue weighted by molar-refractivity contribution is 0.148. The van der Waals surface area contributed by atoms with Gasteiger partial charge in [-0.2, -0.15) is 0 Å². The van der Waals surface area contributed by atoms with Crippen LogP contribution in [0.5, 0.6) is 0 Å². The van der Waals surface area contributed by atoms with Gasteiger partial charge >= 0.3 is 0 Å². The molecular formula is C18H23NO2S. The van der Waals surface area contributed by atoms with Crippen molar-refractivity contribution in [3.63, 3.8) is 0 Å². The Morgan fingerprint density at radius 3 is 2.23 bits per heavy atom. The summed E-state index contributed by atoms with van der Waals surface area (Å²) in [6, 6.07) is 20.0. The van der Waals surface area contributed by atoms with E-state index in [-0.39, 0.29) is 0 Å². The van der Waals surface area contributed by atoms with Crippen molar-refractivity contribution in [2.45, 2.75) is 11.4 Å². The molecule has 2 aromatic rings. The van der Waals surface area contributed by atoms with Gasteiger partial charge in [0.2, 0.25) is 0 Å². The van der Waals surface area contributed by atoms with Gasteiger partial charge in [-0.25, -0.2) is 0 Å². The summed E-state index contributed by atoms with van der Waals surface area (Å²) >= 11 is 0. The molecule has 0 aliphatic carbocycles. The largest absolute Gasteiger partial charge is 0.383 e. The van der Waals surface area contributed by atoms with Crippen LogP contribution < -0.4 is 0 Å². The van der Waals surface area contributed by atoms with Crippen LogP contribution in [0.2, 0.25) is 0 Å². The van der Waals surface area contributed by atoms with Crippen LogP contribution in [0.4, 0.5) is 0 Å². The monoisotopic (exact) mass is 317 g/mol. The Morgan fingerprint density at radius 2 is 1.59 bits per heavy atom. The van der Waals surface area contributed by atoms with Crippen molar-refractivity contribution in [2.24, 2.45) is 0 Å². The molecule has 0 spiro atoms. The van der Waals surface area contributed by atoms with Crippen LogP contribution in [0.25, 0.3) is 0 Å². The highest BCUT2D eigenvalue weighted by atomic mass is 32.2. The first kappa shape index (κ1) is 16.9. The minimum atomic E-state index is -0.950. The molecule has 0 radical (unpaired) electrons. The van der Waals surface area contributed by atoms with Crippen LogP contribution in [0.1, 0.15) is 5.56 Å². The predicted octanol–water partition coefficient (Wildman–Crippen LogP) is 2.94. The maximum atomic E-state index is 12.3. The Balaban J connectivity index is 1.90. The molecular weight excluding hydrogens is 294 g/mol. The van der Waals surface area contributed by atoms with Crippen molar-refractivity contribution in [1.82, 2.24) is 4.90 Å². The van der Waals surface area contributed by atoms with Crippen LogP contribution in [-0.4, -0.2) is 41.7 Å². The van der Waals surface area contributed by atoms with Crippen molar-refractivity contribution in [1.29, 1.82) is 0 Å². The summed E-state index contributed by atoms with van der Waals surface area (Å²) in [5, 5.41) is 0. The van der Waals surface area contributed by atoms with Gasteiger partial charge in [-0.1, -0.05) is 48.5 Å². The van der Waals surface area contributed by atoms with Gasteiger partial charge in [0.15, 0.2) is 0 Å². The second-order valence-electron chi connectivity index (χ2n) is 5.12.